The fourth-order valence-electron chi connectivity index (χ4n) is 1.15. The third kappa shape index (κ3) is 6.83. The first-order valence-electron chi connectivity index (χ1n) is 5.09. The molecule has 0 aliphatic rings. The highest BCUT2D eigenvalue weighted by atomic mass is 16.4. The van der Waals surface area contributed by atoms with Crippen LogP contribution in [0.25, 0.3) is 0 Å². The second-order valence-electron chi connectivity index (χ2n) is 3.62. The minimum Gasteiger partial charge on any atom is -0.481 e. The molecule has 5 N–H and O–H groups in total. The van der Waals surface area contributed by atoms with Crippen molar-refractivity contribution in [2.75, 3.05) is 6.54 Å². The highest BCUT2D eigenvalue weighted by molar-refractivity contribution is 5.95. The number of amides is 1. The summed E-state index contributed by atoms with van der Waals surface area (Å²) in [5.74, 6) is -4.59. The van der Waals surface area contributed by atoms with Crippen LogP contribution in [-0.2, 0) is 19.2 Å². The van der Waals surface area contributed by atoms with Gasteiger partial charge in [-0.2, -0.15) is 4.91 Å². The number of carbonyl (C=O) groups excluding carboxylic acids is 2. The van der Waals surface area contributed by atoms with Crippen molar-refractivity contribution in [1.29, 1.82) is 0 Å². The van der Waals surface area contributed by atoms with Gasteiger partial charge in [-0.25, -0.2) is 0 Å². The topological polar surface area (TPSA) is 176 Å². The van der Waals surface area contributed by atoms with Crippen LogP contribution in [0.1, 0.15) is 12.8 Å². The van der Waals surface area contributed by atoms with Crippen LogP contribution in [-0.4, -0.2) is 52.5 Å². The molecule has 0 saturated carbocycles. The number of carboxylic acids is 2. The number of carbonyl (C=O) groups is 4. The predicted molar refractivity (Wildman–Crippen MR) is 60.1 cm³/mol. The first-order valence-corrected chi connectivity index (χ1v) is 5.09. The van der Waals surface area contributed by atoms with E-state index in [4.69, 9.17) is 15.9 Å². The van der Waals surface area contributed by atoms with Gasteiger partial charge in [-0.1, -0.05) is 5.18 Å². The molecule has 10 heteroatoms. The summed E-state index contributed by atoms with van der Waals surface area (Å²) in [6, 6.07) is -2.90. The number of hydrogen-bond acceptors (Lipinski definition) is 7. The Hall–Kier alpha value is -2.36. The molecule has 2 atom stereocenters. The zero-order valence-corrected chi connectivity index (χ0v) is 9.74. The lowest BCUT2D eigenvalue weighted by atomic mass is 10.1. The van der Waals surface area contributed by atoms with Gasteiger partial charge in [-0.05, 0) is 0 Å². The maximum Gasteiger partial charge on any atom is 0.305 e. The van der Waals surface area contributed by atoms with E-state index in [1.54, 1.807) is 0 Å². The number of nitrogens with one attached hydrogen (secondary N) is 1. The molecule has 0 spiro atoms. The van der Waals surface area contributed by atoms with Crippen molar-refractivity contribution in [2.45, 2.75) is 24.9 Å². The predicted octanol–water partition coefficient (Wildman–Crippen LogP) is -1.92. The Kier molecular flexibility index (Phi) is 6.89. The van der Waals surface area contributed by atoms with Crippen LogP contribution >= 0.6 is 0 Å². The highest BCUT2D eigenvalue weighted by Crippen LogP contribution is 1.98. The molecule has 0 heterocycles. The van der Waals surface area contributed by atoms with Gasteiger partial charge in [0.25, 0.3) is 0 Å². The first-order chi connectivity index (χ1) is 8.77. The molecule has 0 bridgehead atoms. The normalized spacial score (nSPS) is 13.1. The van der Waals surface area contributed by atoms with E-state index >= 15 is 0 Å². The number of hydrogen-bond donors (Lipinski definition) is 4. The van der Waals surface area contributed by atoms with E-state index in [-0.39, 0.29) is 0 Å². The molecular weight excluding hydrogens is 262 g/mol. The SMILES string of the molecule is N[C@@H](CC(=O)O)C(=O)N[C@@H](CC(=O)O)C(=O)CN=O. The Labute approximate surface area is 106 Å². The highest BCUT2D eigenvalue weighted by Gasteiger charge is 2.26. The molecule has 0 fully saturated rings. The zero-order valence-electron chi connectivity index (χ0n) is 9.74. The number of nitrogens with two attached hydrogens (primary N) is 1. The van der Waals surface area contributed by atoms with E-state index in [1.807, 2.05) is 5.32 Å². The first kappa shape index (κ1) is 16.6. The standard InChI is InChI=1S/C9H13N3O7/c10-4(1-7(14)15)9(18)12-5(2-8(16)17)6(13)3-11-19/h4-5H,1-3,10H2,(H,12,18)(H,14,15)(H,16,17)/t4-,5-/m0/s1. The van der Waals surface area contributed by atoms with Gasteiger partial charge in [0.15, 0.2) is 5.78 Å². The molecular formula is C9H13N3O7. The summed E-state index contributed by atoms with van der Waals surface area (Å²) in [7, 11) is 0. The molecule has 10 nitrogen and oxygen atoms in total. The Balaban J connectivity index is 4.66. The molecule has 0 saturated heterocycles. The van der Waals surface area contributed by atoms with Gasteiger partial charge >= 0.3 is 11.9 Å². The van der Waals surface area contributed by atoms with E-state index in [2.05, 4.69) is 5.18 Å². The van der Waals surface area contributed by atoms with Gasteiger partial charge in [0.1, 0.15) is 12.6 Å². The molecule has 0 aromatic heterocycles. The van der Waals surface area contributed by atoms with Gasteiger partial charge in [-0.3, -0.25) is 19.2 Å². The van der Waals surface area contributed by atoms with Crippen molar-refractivity contribution in [3.8, 4) is 0 Å². The minimum absolute atomic E-state index is 0.675. The van der Waals surface area contributed by atoms with Gasteiger partial charge in [0, 0.05) is 0 Å². The van der Waals surface area contributed by atoms with Crippen molar-refractivity contribution < 1.29 is 29.4 Å². The van der Waals surface area contributed by atoms with Crippen LogP contribution in [0.15, 0.2) is 5.18 Å². The molecule has 0 rings (SSSR count). The Morgan fingerprint density at radius 1 is 1.11 bits per heavy atom. The molecule has 0 aliphatic heterocycles. The van der Waals surface area contributed by atoms with E-state index in [1.165, 1.54) is 0 Å². The molecule has 19 heavy (non-hydrogen) atoms. The van der Waals surface area contributed by atoms with Crippen LogP contribution < -0.4 is 11.1 Å². The molecule has 0 aromatic rings. The van der Waals surface area contributed by atoms with E-state index in [9.17, 15) is 24.1 Å². The van der Waals surface area contributed by atoms with Gasteiger partial charge in [0.05, 0.1) is 18.9 Å². The number of carboxylic acid groups (broad SMARTS) is 2. The average Bonchev–Trinajstić information content (AvgIpc) is 2.26. The Bertz CT molecular complexity index is 395. The summed E-state index contributed by atoms with van der Waals surface area (Å²) < 4.78 is 0. The monoisotopic (exact) mass is 275 g/mol. The third-order valence-electron chi connectivity index (χ3n) is 2.04. The summed E-state index contributed by atoms with van der Waals surface area (Å²) in [4.78, 5) is 53.5. The smallest absolute Gasteiger partial charge is 0.305 e. The second kappa shape index (κ2) is 7.87. The number of aliphatic carboxylic acids is 2. The maximum absolute atomic E-state index is 11.4. The second-order valence-corrected chi connectivity index (χ2v) is 3.62. The molecule has 0 aliphatic carbocycles. The average molecular weight is 275 g/mol. The van der Waals surface area contributed by atoms with Crippen LogP contribution in [0.4, 0.5) is 0 Å². The van der Waals surface area contributed by atoms with E-state index in [0.29, 0.717) is 0 Å². The van der Waals surface area contributed by atoms with Crippen molar-refractivity contribution in [2.24, 2.45) is 10.9 Å². The number of nitrogens with zero attached hydrogens (tertiary/aromatic N) is 1. The summed E-state index contributed by atoms with van der Waals surface area (Å²) >= 11 is 0. The Morgan fingerprint density at radius 2 is 1.63 bits per heavy atom. The molecule has 1 amide bonds. The summed E-state index contributed by atoms with van der Waals surface area (Å²) in [5.41, 5.74) is 5.23. The van der Waals surface area contributed by atoms with Gasteiger partial charge < -0.3 is 21.3 Å². The number of nitroso groups, excluding NO2 is 1. The van der Waals surface area contributed by atoms with Gasteiger partial charge in [-0.15, -0.1) is 0 Å². The Morgan fingerprint density at radius 3 is 2.05 bits per heavy atom. The zero-order chi connectivity index (χ0) is 15.0. The lowest BCUT2D eigenvalue weighted by Gasteiger charge is -2.17. The van der Waals surface area contributed by atoms with E-state index in [0.717, 1.165) is 0 Å². The maximum atomic E-state index is 11.4. The lowest BCUT2D eigenvalue weighted by molar-refractivity contribution is -0.141. The van der Waals surface area contributed by atoms with Crippen molar-refractivity contribution in [3.05, 3.63) is 4.91 Å². The van der Waals surface area contributed by atoms with Crippen LogP contribution in [0.5, 0.6) is 0 Å². The fourth-order valence-corrected chi connectivity index (χ4v) is 1.15. The van der Waals surface area contributed by atoms with Crippen molar-refractivity contribution in [1.82, 2.24) is 5.32 Å². The quantitative estimate of drug-likeness (QED) is 0.352. The minimum atomic E-state index is -1.47. The molecule has 0 unspecified atom stereocenters. The fraction of sp³-hybridized carbons (Fsp3) is 0.556. The molecule has 0 radical (unpaired) electrons. The van der Waals surface area contributed by atoms with Gasteiger partial charge in [0.2, 0.25) is 5.91 Å². The summed E-state index contributed by atoms with van der Waals surface area (Å²) in [5, 5.41) is 21.3. The lowest BCUT2D eigenvalue weighted by Crippen LogP contribution is -2.50. The number of rotatable bonds is 9. The van der Waals surface area contributed by atoms with E-state index < -0.39 is 55.1 Å². The van der Waals surface area contributed by atoms with Crippen LogP contribution in [0.3, 0.4) is 0 Å². The molecule has 0 aromatic carbocycles. The number of Topliss-reactive ketones (excluding diaryl/α,β-unsaturated/α-hetero) is 1. The summed E-state index contributed by atoms with van der Waals surface area (Å²) in [6.07, 6.45) is -1.42. The number of ketones is 1. The van der Waals surface area contributed by atoms with Crippen LogP contribution in [0.2, 0.25) is 0 Å². The van der Waals surface area contributed by atoms with Crippen molar-refractivity contribution in [3.63, 3.8) is 0 Å². The van der Waals surface area contributed by atoms with Crippen LogP contribution in [0, 0.1) is 4.91 Å². The third-order valence-corrected chi connectivity index (χ3v) is 2.04. The molecule has 106 valence electrons. The summed E-state index contributed by atoms with van der Waals surface area (Å²) in [6.45, 7) is -0.799. The van der Waals surface area contributed by atoms with Crippen molar-refractivity contribution >= 4 is 23.6 Å². The largest absolute Gasteiger partial charge is 0.481 e.